The van der Waals surface area contributed by atoms with Gasteiger partial charge in [0.05, 0.1) is 42.6 Å². The van der Waals surface area contributed by atoms with E-state index >= 15 is 0 Å². The van der Waals surface area contributed by atoms with Gasteiger partial charge in [0.2, 0.25) is 17.7 Å². The number of nitrogens with one attached hydrogen (secondary N) is 1. The molecule has 0 spiro atoms. The van der Waals surface area contributed by atoms with E-state index in [0.717, 1.165) is 17.0 Å². The van der Waals surface area contributed by atoms with Crippen LogP contribution in [0.4, 0.5) is 11.4 Å². The minimum Gasteiger partial charge on any atom is -0.496 e. The van der Waals surface area contributed by atoms with Crippen LogP contribution in [-0.4, -0.2) is 64.4 Å². The lowest BCUT2D eigenvalue weighted by Gasteiger charge is -2.36. The minimum absolute atomic E-state index is 0.0472. The van der Waals surface area contributed by atoms with Gasteiger partial charge in [-0.3, -0.25) is 14.4 Å². The number of nitrogens with two attached hydrogens (primary N) is 1. The molecule has 0 aromatic heterocycles. The molecule has 12 heteroatoms. The molecule has 1 unspecified atom stereocenters. The van der Waals surface area contributed by atoms with Crippen molar-refractivity contribution >= 4 is 49.7 Å². The third kappa shape index (κ3) is 5.59. The number of benzene rings is 3. The van der Waals surface area contributed by atoms with Crippen LogP contribution in [0.15, 0.2) is 54.6 Å². The maximum atomic E-state index is 14.5. The van der Waals surface area contributed by atoms with Gasteiger partial charge in [-0.2, -0.15) is 5.26 Å². The molecule has 214 valence electrons. The van der Waals surface area contributed by atoms with E-state index in [2.05, 4.69) is 11.4 Å². The Hall–Kier alpha value is -4.47. The lowest BCUT2D eigenvalue weighted by Crippen LogP contribution is -2.63. The van der Waals surface area contributed by atoms with Crippen LogP contribution in [0, 0.1) is 17.2 Å². The van der Waals surface area contributed by atoms with Crippen molar-refractivity contribution in [1.82, 2.24) is 5.32 Å². The highest BCUT2D eigenvalue weighted by molar-refractivity contribution is 7.91. The van der Waals surface area contributed by atoms with Crippen molar-refractivity contribution in [2.45, 2.75) is 19.0 Å². The number of fused-ring (bicyclic) bond motifs is 2. The summed E-state index contributed by atoms with van der Waals surface area (Å²) in [7, 11) is -0.760. The molecule has 41 heavy (non-hydrogen) atoms. The molecule has 2 atom stereocenters. The smallest absolute Gasteiger partial charge is 0.242 e. The average molecular weight is 578 g/mol. The molecule has 3 amide bonds. The van der Waals surface area contributed by atoms with Gasteiger partial charge in [-0.15, -0.1) is 0 Å². The van der Waals surface area contributed by atoms with Crippen molar-refractivity contribution in [3.05, 3.63) is 65.7 Å². The number of methoxy groups -OCH3 is 1. The van der Waals surface area contributed by atoms with E-state index < -0.39 is 44.8 Å². The molecule has 0 saturated heterocycles. The lowest BCUT2D eigenvalue weighted by molar-refractivity contribution is -0.133. The topological polar surface area (TPSA) is 163 Å². The van der Waals surface area contributed by atoms with Gasteiger partial charge >= 0.3 is 0 Å². The van der Waals surface area contributed by atoms with E-state index in [1.165, 1.54) is 49.1 Å². The zero-order chi connectivity index (χ0) is 30.1. The lowest BCUT2D eigenvalue weighted by atomic mass is 9.83. The summed E-state index contributed by atoms with van der Waals surface area (Å²) in [6.45, 7) is 1.08. The number of likely N-dealkylation sites (N-methyl/N-ethyl adjacent to an activating group) is 1. The molecule has 0 fully saturated rings. The monoisotopic (exact) mass is 577 g/mol. The number of primary amides is 1. The van der Waals surface area contributed by atoms with Crippen LogP contribution in [0.25, 0.3) is 10.8 Å². The summed E-state index contributed by atoms with van der Waals surface area (Å²) in [5.74, 6) is -3.72. The molecule has 1 aliphatic rings. The number of sulfone groups is 1. The van der Waals surface area contributed by atoms with E-state index in [4.69, 9.17) is 10.5 Å². The van der Waals surface area contributed by atoms with Gasteiger partial charge in [-0.05, 0) is 49.0 Å². The Bertz CT molecular complexity index is 1700. The summed E-state index contributed by atoms with van der Waals surface area (Å²) >= 11 is 0. The first-order chi connectivity index (χ1) is 19.3. The summed E-state index contributed by atoms with van der Waals surface area (Å²) in [5, 5.41) is 14.2. The van der Waals surface area contributed by atoms with Gasteiger partial charge in [-0.25, -0.2) is 8.42 Å². The van der Waals surface area contributed by atoms with Gasteiger partial charge in [-0.1, -0.05) is 30.3 Å². The first-order valence-electron chi connectivity index (χ1n) is 12.7. The first-order valence-corrected chi connectivity index (χ1v) is 14.8. The predicted molar refractivity (Wildman–Crippen MR) is 155 cm³/mol. The zero-order valence-electron chi connectivity index (χ0n) is 23.2. The van der Waals surface area contributed by atoms with Crippen molar-refractivity contribution in [3.63, 3.8) is 0 Å². The highest BCUT2D eigenvalue weighted by Crippen LogP contribution is 2.40. The second-order valence-electron chi connectivity index (χ2n) is 10.2. The number of anilines is 2. The average Bonchev–Trinajstić information content (AvgIpc) is 3.05. The highest BCUT2D eigenvalue weighted by atomic mass is 32.2. The number of ether oxygens (including phenoxy) is 1. The van der Waals surface area contributed by atoms with Crippen LogP contribution in [0.2, 0.25) is 0 Å². The Morgan fingerprint density at radius 2 is 1.88 bits per heavy atom. The highest BCUT2D eigenvalue weighted by Gasteiger charge is 2.49. The second-order valence-corrected chi connectivity index (χ2v) is 12.3. The molecule has 3 aromatic carbocycles. The summed E-state index contributed by atoms with van der Waals surface area (Å²) in [6.07, 6.45) is 0.936. The van der Waals surface area contributed by atoms with Gasteiger partial charge < -0.3 is 25.6 Å². The summed E-state index contributed by atoms with van der Waals surface area (Å²) < 4.78 is 29.9. The number of nitriles is 1. The van der Waals surface area contributed by atoms with E-state index in [0.29, 0.717) is 11.3 Å². The SMILES string of the molecule is CNC(C)(C(N)=O)[C@@H]1CN(C(=O)CS(C)(=O)=O)c2ccc(C#N)cc2N(Cc2c(OC)ccc3ccccc23)C1=O. The fraction of sp³-hybridized carbons (Fsp3) is 0.310. The Morgan fingerprint density at radius 3 is 2.49 bits per heavy atom. The third-order valence-electron chi connectivity index (χ3n) is 7.56. The van der Waals surface area contributed by atoms with Crippen molar-refractivity contribution in [3.8, 4) is 11.8 Å². The van der Waals surface area contributed by atoms with Gasteiger partial charge in [0.25, 0.3) is 0 Å². The van der Waals surface area contributed by atoms with E-state index in [1.54, 1.807) is 6.07 Å². The number of nitrogens with zero attached hydrogens (tertiary/aromatic N) is 3. The van der Waals surface area contributed by atoms with E-state index in [1.807, 2.05) is 30.3 Å². The fourth-order valence-corrected chi connectivity index (χ4v) is 5.74. The Kier molecular flexibility index (Phi) is 8.05. The van der Waals surface area contributed by atoms with Crippen molar-refractivity contribution < 1.29 is 27.5 Å². The Morgan fingerprint density at radius 1 is 1.17 bits per heavy atom. The maximum Gasteiger partial charge on any atom is 0.242 e. The third-order valence-corrected chi connectivity index (χ3v) is 8.34. The molecule has 0 radical (unpaired) electrons. The summed E-state index contributed by atoms with van der Waals surface area (Å²) in [4.78, 5) is 43.3. The quantitative estimate of drug-likeness (QED) is 0.409. The molecule has 3 N–H and O–H groups in total. The molecule has 0 aliphatic carbocycles. The second kappa shape index (κ2) is 11.2. The van der Waals surface area contributed by atoms with Crippen LogP contribution in [0.3, 0.4) is 0 Å². The molecular weight excluding hydrogens is 546 g/mol. The van der Waals surface area contributed by atoms with Crippen molar-refractivity contribution in [2.24, 2.45) is 11.7 Å². The van der Waals surface area contributed by atoms with Gasteiger partial charge in [0.15, 0.2) is 9.84 Å². The number of carbonyl (C=O) groups excluding carboxylic acids is 3. The first kappa shape index (κ1) is 29.5. The number of hydrogen-bond acceptors (Lipinski definition) is 8. The molecule has 11 nitrogen and oxygen atoms in total. The summed E-state index contributed by atoms with van der Waals surface area (Å²) in [6, 6.07) is 17.7. The molecule has 0 bridgehead atoms. The maximum absolute atomic E-state index is 14.5. The van der Waals surface area contributed by atoms with Crippen molar-refractivity contribution in [2.75, 3.05) is 42.5 Å². The van der Waals surface area contributed by atoms with E-state index in [-0.39, 0.29) is 30.0 Å². The number of rotatable bonds is 8. The normalized spacial score (nSPS) is 16.9. The van der Waals surface area contributed by atoms with Crippen molar-refractivity contribution in [1.29, 1.82) is 5.26 Å². The van der Waals surface area contributed by atoms with Crippen LogP contribution in [0.1, 0.15) is 18.1 Å². The van der Waals surface area contributed by atoms with Crippen LogP contribution in [0.5, 0.6) is 5.75 Å². The standard InChI is InChI=1S/C29H31N5O6S/c1-29(32-2,28(31)37)22-16-33(26(35)17-41(4,38)39)23-11-9-18(14-30)13-24(23)34(27(22)36)15-21-20-8-6-5-7-19(20)10-12-25(21)40-3/h5-13,22,32H,15-17H2,1-4H3,(H2,31,37)/t22-,29?/m1/s1. The molecule has 4 rings (SSSR count). The van der Waals surface area contributed by atoms with Gasteiger partial charge in [0, 0.05) is 18.4 Å². The predicted octanol–water partition coefficient (Wildman–Crippen LogP) is 1.72. The molecule has 3 aromatic rings. The zero-order valence-corrected chi connectivity index (χ0v) is 24.0. The van der Waals surface area contributed by atoms with Gasteiger partial charge in [0.1, 0.15) is 17.0 Å². The molecule has 1 heterocycles. The number of amides is 3. The number of carbonyl (C=O) groups is 3. The van der Waals surface area contributed by atoms with E-state index in [9.17, 15) is 28.1 Å². The Labute approximate surface area is 238 Å². The number of hydrogen-bond donors (Lipinski definition) is 2. The minimum atomic E-state index is -3.75. The van der Waals surface area contributed by atoms with Crippen LogP contribution >= 0.6 is 0 Å². The van der Waals surface area contributed by atoms with Crippen LogP contribution in [-0.2, 0) is 30.8 Å². The largest absolute Gasteiger partial charge is 0.496 e. The molecular formula is C29H31N5O6S. The Balaban J connectivity index is 2.01. The molecule has 0 saturated carbocycles. The summed E-state index contributed by atoms with van der Waals surface area (Å²) in [5.41, 5.74) is 5.46. The molecule has 1 aliphatic heterocycles. The van der Waals surface area contributed by atoms with Crippen LogP contribution < -0.4 is 25.6 Å². The fourth-order valence-electron chi connectivity index (χ4n) is 5.13.